The van der Waals surface area contributed by atoms with Crippen LogP contribution in [0.2, 0.25) is 0 Å². The fourth-order valence-corrected chi connectivity index (χ4v) is 3.18. The molecule has 0 bridgehead atoms. The third-order valence-corrected chi connectivity index (χ3v) is 4.29. The van der Waals surface area contributed by atoms with Gasteiger partial charge in [0, 0.05) is 17.1 Å². The van der Waals surface area contributed by atoms with E-state index in [1.54, 1.807) is 0 Å². The zero-order valence-electron chi connectivity index (χ0n) is 11.1. The fourth-order valence-electron chi connectivity index (χ4n) is 3.18. The van der Waals surface area contributed by atoms with Gasteiger partial charge in [0.05, 0.1) is 5.52 Å². The minimum atomic E-state index is 0.145. The monoisotopic (exact) mass is 240 g/mol. The van der Waals surface area contributed by atoms with Gasteiger partial charge in [-0.15, -0.1) is 0 Å². The molecule has 1 unspecified atom stereocenters. The van der Waals surface area contributed by atoms with Gasteiger partial charge in [0.15, 0.2) is 0 Å². The summed E-state index contributed by atoms with van der Waals surface area (Å²) in [6.07, 6.45) is 4.36. The van der Waals surface area contributed by atoms with Crippen LogP contribution in [0.15, 0.2) is 36.5 Å². The van der Waals surface area contributed by atoms with E-state index in [1.807, 2.05) is 12.3 Å². The summed E-state index contributed by atoms with van der Waals surface area (Å²) in [6.45, 7) is 5.74. The number of rotatable bonds is 2. The van der Waals surface area contributed by atoms with Crippen molar-refractivity contribution in [2.75, 3.05) is 6.54 Å². The van der Waals surface area contributed by atoms with Gasteiger partial charge < -0.3 is 5.32 Å². The van der Waals surface area contributed by atoms with Crippen LogP contribution in [0.4, 0.5) is 0 Å². The van der Waals surface area contributed by atoms with Crippen molar-refractivity contribution in [3.05, 3.63) is 42.1 Å². The van der Waals surface area contributed by atoms with Gasteiger partial charge in [0.2, 0.25) is 0 Å². The van der Waals surface area contributed by atoms with Gasteiger partial charge >= 0.3 is 0 Å². The third-order valence-electron chi connectivity index (χ3n) is 4.29. The van der Waals surface area contributed by atoms with Crippen LogP contribution in [0.25, 0.3) is 10.9 Å². The average molecular weight is 240 g/mol. The Hall–Kier alpha value is -1.41. The van der Waals surface area contributed by atoms with E-state index in [0.717, 1.165) is 12.1 Å². The summed E-state index contributed by atoms with van der Waals surface area (Å²) >= 11 is 0. The minimum Gasteiger partial charge on any atom is -0.307 e. The minimum absolute atomic E-state index is 0.145. The van der Waals surface area contributed by atoms with Crippen LogP contribution >= 0.6 is 0 Å². The van der Waals surface area contributed by atoms with Crippen molar-refractivity contribution in [1.82, 2.24) is 10.3 Å². The maximum Gasteiger partial charge on any atom is 0.0705 e. The molecule has 1 aromatic carbocycles. The van der Waals surface area contributed by atoms with Gasteiger partial charge in [-0.3, -0.25) is 4.98 Å². The molecular weight excluding hydrogens is 220 g/mol. The Kier molecular flexibility index (Phi) is 2.83. The number of pyridine rings is 1. The van der Waals surface area contributed by atoms with Crippen LogP contribution in [0, 0.1) is 5.92 Å². The lowest BCUT2D eigenvalue weighted by atomic mass is 9.78. The Morgan fingerprint density at radius 2 is 2.17 bits per heavy atom. The zero-order valence-corrected chi connectivity index (χ0v) is 11.1. The van der Waals surface area contributed by atoms with Crippen molar-refractivity contribution in [2.45, 2.75) is 32.2 Å². The highest BCUT2D eigenvalue weighted by Crippen LogP contribution is 2.38. The molecule has 1 N–H and O–H groups in total. The van der Waals surface area contributed by atoms with E-state index < -0.39 is 0 Å². The van der Waals surface area contributed by atoms with Crippen LogP contribution in [-0.2, 0) is 5.54 Å². The molecule has 1 atom stereocenters. The van der Waals surface area contributed by atoms with E-state index in [0.29, 0.717) is 5.92 Å². The number of nitrogens with one attached hydrogen (secondary N) is 1. The summed E-state index contributed by atoms with van der Waals surface area (Å²) in [5.41, 5.74) is 2.64. The van der Waals surface area contributed by atoms with E-state index in [9.17, 15) is 0 Å². The highest BCUT2D eigenvalue weighted by Gasteiger charge is 2.38. The summed E-state index contributed by atoms with van der Waals surface area (Å²) in [5.74, 6) is 0.598. The Morgan fingerprint density at radius 3 is 2.89 bits per heavy atom. The van der Waals surface area contributed by atoms with Crippen molar-refractivity contribution in [3.8, 4) is 0 Å². The van der Waals surface area contributed by atoms with Crippen molar-refractivity contribution in [3.63, 3.8) is 0 Å². The first-order chi connectivity index (χ1) is 8.72. The molecule has 2 aromatic rings. The predicted octanol–water partition coefficient (Wildman–Crippen LogP) is 3.47. The first-order valence-electron chi connectivity index (χ1n) is 6.83. The lowest BCUT2D eigenvalue weighted by Gasteiger charge is -2.34. The summed E-state index contributed by atoms with van der Waals surface area (Å²) in [4.78, 5) is 4.48. The van der Waals surface area contributed by atoms with Gasteiger partial charge in [-0.05, 0) is 43.0 Å². The van der Waals surface area contributed by atoms with Gasteiger partial charge in [0.1, 0.15) is 0 Å². The number of hydrogen-bond donors (Lipinski definition) is 1. The normalized spacial score (nSPS) is 23.9. The van der Waals surface area contributed by atoms with E-state index >= 15 is 0 Å². The number of benzene rings is 1. The molecule has 1 aliphatic rings. The van der Waals surface area contributed by atoms with Crippen molar-refractivity contribution >= 4 is 10.9 Å². The topological polar surface area (TPSA) is 24.9 Å². The van der Waals surface area contributed by atoms with Gasteiger partial charge in [-0.25, -0.2) is 0 Å². The Bertz CT molecular complexity index is 554. The molecule has 0 saturated carbocycles. The highest BCUT2D eigenvalue weighted by molar-refractivity contribution is 5.79. The van der Waals surface area contributed by atoms with E-state index in [4.69, 9.17) is 0 Å². The molecule has 18 heavy (non-hydrogen) atoms. The second kappa shape index (κ2) is 4.36. The predicted molar refractivity (Wildman–Crippen MR) is 75.5 cm³/mol. The van der Waals surface area contributed by atoms with Gasteiger partial charge in [-0.2, -0.15) is 0 Å². The van der Waals surface area contributed by atoms with Crippen LogP contribution in [0.3, 0.4) is 0 Å². The lowest BCUT2D eigenvalue weighted by molar-refractivity contribution is 0.277. The van der Waals surface area contributed by atoms with Crippen molar-refractivity contribution in [2.24, 2.45) is 5.92 Å². The molecular formula is C16H20N2. The fraction of sp³-hybridized carbons (Fsp3) is 0.438. The van der Waals surface area contributed by atoms with Crippen LogP contribution in [0.5, 0.6) is 0 Å². The standard InChI is InChI=1S/C16H20N2/c1-12(2)16(8-4-10-18-16)14-7-6-13-5-3-9-17-15(13)11-14/h3,5-7,9,11-12,18H,4,8,10H2,1-2H3. The Labute approximate surface area is 108 Å². The molecule has 0 spiro atoms. The summed E-state index contributed by atoms with van der Waals surface area (Å²) in [5, 5.41) is 4.94. The molecule has 94 valence electrons. The number of fused-ring (bicyclic) bond motifs is 1. The molecule has 1 fully saturated rings. The summed E-state index contributed by atoms with van der Waals surface area (Å²) < 4.78 is 0. The lowest BCUT2D eigenvalue weighted by Crippen LogP contribution is -2.41. The van der Waals surface area contributed by atoms with Gasteiger partial charge in [0.25, 0.3) is 0 Å². The Morgan fingerprint density at radius 1 is 1.28 bits per heavy atom. The third kappa shape index (κ3) is 1.72. The first kappa shape index (κ1) is 11.7. The maximum atomic E-state index is 4.48. The largest absolute Gasteiger partial charge is 0.307 e. The molecule has 2 heterocycles. The van der Waals surface area contributed by atoms with E-state index in [1.165, 1.54) is 23.8 Å². The van der Waals surface area contributed by atoms with Crippen LogP contribution in [-0.4, -0.2) is 11.5 Å². The average Bonchev–Trinajstić information content (AvgIpc) is 2.89. The summed E-state index contributed by atoms with van der Waals surface area (Å²) in [6, 6.07) is 10.8. The smallest absolute Gasteiger partial charge is 0.0705 e. The molecule has 1 saturated heterocycles. The zero-order chi connectivity index (χ0) is 12.6. The van der Waals surface area contributed by atoms with Crippen LogP contribution in [0.1, 0.15) is 32.3 Å². The van der Waals surface area contributed by atoms with Gasteiger partial charge in [-0.1, -0.05) is 32.0 Å². The molecule has 3 rings (SSSR count). The van der Waals surface area contributed by atoms with E-state index in [-0.39, 0.29) is 5.54 Å². The molecule has 2 heteroatoms. The SMILES string of the molecule is CC(C)C1(c2ccc3cccnc3c2)CCCN1. The van der Waals surface area contributed by atoms with Crippen molar-refractivity contribution < 1.29 is 0 Å². The van der Waals surface area contributed by atoms with Crippen molar-refractivity contribution in [1.29, 1.82) is 0 Å². The van der Waals surface area contributed by atoms with E-state index in [2.05, 4.69) is 48.4 Å². The molecule has 2 nitrogen and oxygen atoms in total. The number of hydrogen-bond acceptors (Lipinski definition) is 2. The first-order valence-corrected chi connectivity index (χ1v) is 6.83. The molecule has 0 radical (unpaired) electrons. The maximum absolute atomic E-state index is 4.48. The summed E-state index contributed by atoms with van der Waals surface area (Å²) in [7, 11) is 0. The second-order valence-electron chi connectivity index (χ2n) is 5.57. The molecule has 1 aliphatic heterocycles. The van der Waals surface area contributed by atoms with Crippen LogP contribution < -0.4 is 5.32 Å². The molecule has 0 aliphatic carbocycles. The number of aromatic nitrogens is 1. The quantitative estimate of drug-likeness (QED) is 0.869. The Balaban J connectivity index is 2.12. The number of nitrogens with zero attached hydrogens (tertiary/aromatic N) is 1. The second-order valence-corrected chi connectivity index (χ2v) is 5.57. The highest BCUT2D eigenvalue weighted by atomic mass is 15.0. The molecule has 0 amide bonds. The molecule has 1 aromatic heterocycles.